The molecule has 1 aromatic carbocycles. The summed E-state index contributed by atoms with van der Waals surface area (Å²) < 4.78 is 5.04. The lowest BCUT2D eigenvalue weighted by atomic mass is 10.1. The summed E-state index contributed by atoms with van der Waals surface area (Å²) in [5.74, 6) is 1.38. The Kier molecular flexibility index (Phi) is 4.53. The molecule has 0 amide bonds. The van der Waals surface area contributed by atoms with Crippen LogP contribution >= 0.6 is 0 Å². The predicted octanol–water partition coefficient (Wildman–Crippen LogP) is 2.53. The number of methoxy groups -OCH3 is 1. The Morgan fingerprint density at radius 3 is 2.78 bits per heavy atom. The maximum Gasteiger partial charge on any atom is 0.218 e. The van der Waals surface area contributed by atoms with Crippen molar-refractivity contribution < 1.29 is 4.74 Å². The Labute approximate surface area is 107 Å². The summed E-state index contributed by atoms with van der Waals surface area (Å²) in [6, 6.07) is 12.3. The van der Waals surface area contributed by atoms with Gasteiger partial charge in [-0.1, -0.05) is 30.3 Å². The van der Waals surface area contributed by atoms with E-state index in [1.165, 1.54) is 11.9 Å². The summed E-state index contributed by atoms with van der Waals surface area (Å²) in [4.78, 5) is 8.09. The van der Waals surface area contributed by atoms with Gasteiger partial charge in [-0.25, -0.2) is 9.97 Å². The number of rotatable bonds is 6. The minimum Gasteiger partial charge on any atom is -0.481 e. The molecule has 0 aliphatic rings. The molecule has 2 rings (SSSR count). The molecule has 0 saturated heterocycles. The molecule has 0 saturated carbocycles. The molecule has 0 aliphatic carbocycles. The van der Waals surface area contributed by atoms with Gasteiger partial charge in [-0.3, -0.25) is 0 Å². The zero-order valence-electron chi connectivity index (χ0n) is 10.5. The van der Waals surface area contributed by atoms with Crippen LogP contribution in [0.1, 0.15) is 12.0 Å². The molecule has 1 aromatic heterocycles. The standard InChI is InChI=1S/C14H17N3O/c1-18-14-10-13(16-11-17-14)15-9-5-8-12-6-3-2-4-7-12/h2-4,6-7,10-11H,5,8-9H2,1H3,(H,15,16,17). The number of aryl methyl sites for hydroxylation is 1. The van der Waals surface area contributed by atoms with Gasteiger partial charge in [-0.05, 0) is 18.4 Å². The Bertz CT molecular complexity index is 473. The fourth-order valence-corrected chi connectivity index (χ4v) is 1.70. The fraction of sp³-hybridized carbons (Fsp3) is 0.286. The number of aromatic nitrogens is 2. The van der Waals surface area contributed by atoms with Gasteiger partial charge >= 0.3 is 0 Å². The minimum absolute atomic E-state index is 0.579. The molecule has 0 bridgehead atoms. The van der Waals surface area contributed by atoms with Crippen molar-refractivity contribution in [2.24, 2.45) is 0 Å². The number of hydrogen-bond acceptors (Lipinski definition) is 4. The van der Waals surface area contributed by atoms with Crippen molar-refractivity contribution in [3.8, 4) is 5.88 Å². The molecule has 0 radical (unpaired) electrons. The zero-order valence-corrected chi connectivity index (χ0v) is 10.5. The van der Waals surface area contributed by atoms with E-state index in [4.69, 9.17) is 4.74 Å². The zero-order chi connectivity index (χ0) is 12.6. The molecular weight excluding hydrogens is 226 g/mol. The number of ether oxygens (including phenoxy) is 1. The smallest absolute Gasteiger partial charge is 0.218 e. The Balaban J connectivity index is 1.75. The van der Waals surface area contributed by atoms with Crippen molar-refractivity contribution in [2.45, 2.75) is 12.8 Å². The first-order chi connectivity index (χ1) is 8.88. The van der Waals surface area contributed by atoms with Gasteiger partial charge in [0.05, 0.1) is 7.11 Å². The lowest BCUT2D eigenvalue weighted by molar-refractivity contribution is 0.397. The van der Waals surface area contributed by atoms with Crippen molar-refractivity contribution in [1.82, 2.24) is 9.97 Å². The van der Waals surface area contributed by atoms with Crippen LogP contribution in [0, 0.1) is 0 Å². The quantitative estimate of drug-likeness (QED) is 0.792. The summed E-state index contributed by atoms with van der Waals surface area (Å²) in [5.41, 5.74) is 1.36. The van der Waals surface area contributed by atoms with Crippen molar-refractivity contribution in [3.63, 3.8) is 0 Å². The van der Waals surface area contributed by atoms with E-state index in [1.807, 2.05) is 6.07 Å². The third-order valence-electron chi connectivity index (χ3n) is 2.64. The maximum atomic E-state index is 5.04. The number of nitrogens with one attached hydrogen (secondary N) is 1. The van der Waals surface area contributed by atoms with Gasteiger partial charge in [0, 0.05) is 12.6 Å². The van der Waals surface area contributed by atoms with Gasteiger partial charge in [-0.15, -0.1) is 0 Å². The van der Waals surface area contributed by atoms with E-state index < -0.39 is 0 Å². The average molecular weight is 243 g/mol. The Morgan fingerprint density at radius 2 is 2.00 bits per heavy atom. The molecule has 0 spiro atoms. The van der Waals surface area contributed by atoms with Gasteiger partial charge in [-0.2, -0.15) is 0 Å². The largest absolute Gasteiger partial charge is 0.481 e. The second kappa shape index (κ2) is 6.59. The van der Waals surface area contributed by atoms with Gasteiger partial charge < -0.3 is 10.1 Å². The van der Waals surface area contributed by atoms with Crippen LogP contribution in [-0.2, 0) is 6.42 Å². The van der Waals surface area contributed by atoms with E-state index in [1.54, 1.807) is 13.2 Å². The van der Waals surface area contributed by atoms with Crippen LogP contribution in [0.4, 0.5) is 5.82 Å². The lowest BCUT2D eigenvalue weighted by Crippen LogP contribution is -2.05. The molecule has 0 atom stereocenters. The summed E-state index contributed by atoms with van der Waals surface area (Å²) >= 11 is 0. The molecule has 18 heavy (non-hydrogen) atoms. The third-order valence-corrected chi connectivity index (χ3v) is 2.64. The molecule has 94 valence electrons. The van der Waals surface area contributed by atoms with Crippen molar-refractivity contribution >= 4 is 5.82 Å². The van der Waals surface area contributed by atoms with E-state index in [0.29, 0.717) is 5.88 Å². The Hall–Kier alpha value is -2.10. The molecule has 0 unspecified atom stereocenters. The average Bonchev–Trinajstić information content (AvgIpc) is 2.45. The van der Waals surface area contributed by atoms with Crippen LogP contribution in [-0.4, -0.2) is 23.6 Å². The fourth-order valence-electron chi connectivity index (χ4n) is 1.70. The third kappa shape index (κ3) is 3.73. The highest BCUT2D eigenvalue weighted by Crippen LogP contribution is 2.10. The summed E-state index contributed by atoms with van der Waals surface area (Å²) in [7, 11) is 1.60. The molecule has 1 heterocycles. The first-order valence-corrected chi connectivity index (χ1v) is 6.02. The molecule has 0 fully saturated rings. The highest BCUT2D eigenvalue weighted by Gasteiger charge is 1.97. The van der Waals surface area contributed by atoms with Gasteiger partial charge in [0.2, 0.25) is 5.88 Å². The first kappa shape index (κ1) is 12.4. The van der Waals surface area contributed by atoms with Crippen LogP contribution < -0.4 is 10.1 Å². The van der Waals surface area contributed by atoms with Crippen LogP contribution in [0.25, 0.3) is 0 Å². The van der Waals surface area contributed by atoms with Crippen molar-refractivity contribution in [1.29, 1.82) is 0 Å². The topological polar surface area (TPSA) is 47.0 Å². The van der Waals surface area contributed by atoms with Crippen LogP contribution in [0.2, 0.25) is 0 Å². The van der Waals surface area contributed by atoms with Gasteiger partial charge in [0.25, 0.3) is 0 Å². The second-order valence-electron chi connectivity index (χ2n) is 3.96. The van der Waals surface area contributed by atoms with Crippen molar-refractivity contribution in [2.75, 3.05) is 19.0 Å². The summed E-state index contributed by atoms with van der Waals surface area (Å²) in [6.07, 6.45) is 3.63. The van der Waals surface area contributed by atoms with E-state index in [9.17, 15) is 0 Å². The van der Waals surface area contributed by atoms with E-state index in [-0.39, 0.29) is 0 Å². The van der Waals surface area contributed by atoms with Crippen LogP contribution in [0.3, 0.4) is 0 Å². The molecule has 1 N–H and O–H groups in total. The van der Waals surface area contributed by atoms with Gasteiger partial charge in [0.15, 0.2) is 0 Å². The van der Waals surface area contributed by atoms with Crippen molar-refractivity contribution in [3.05, 3.63) is 48.3 Å². The van der Waals surface area contributed by atoms with Gasteiger partial charge in [0.1, 0.15) is 12.1 Å². The van der Waals surface area contributed by atoms with Crippen LogP contribution in [0.5, 0.6) is 5.88 Å². The SMILES string of the molecule is COc1cc(NCCCc2ccccc2)ncn1. The monoisotopic (exact) mass is 243 g/mol. The first-order valence-electron chi connectivity index (χ1n) is 6.02. The van der Waals surface area contributed by atoms with E-state index >= 15 is 0 Å². The summed E-state index contributed by atoms with van der Waals surface area (Å²) in [5, 5.41) is 3.26. The predicted molar refractivity (Wildman–Crippen MR) is 71.8 cm³/mol. The maximum absolute atomic E-state index is 5.04. The van der Waals surface area contributed by atoms with E-state index in [0.717, 1.165) is 25.2 Å². The second-order valence-corrected chi connectivity index (χ2v) is 3.96. The number of anilines is 1. The molecule has 4 heteroatoms. The highest BCUT2D eigenvalue weighted by atomic mass is 16.5. The van der Waals surface area contributed by atoms with E-state index in [2.05, 4.69) is 39.6 Å². The lowest BCUT2D eigenvalue weighted by Gasteiger charge is -2.06. The molecular formula is C14H17N3O. The minimum atomic E-state index is 0.579. The summed E-state index contributed by atoms with van der Waals surface area (Å²) in [6.45, 7) is 0.884. The number of nitrogens with zero attached hydrogens (tertiary/aromatic N) is 2. The highest BCUT2D eigenvalue weighted by molar-refractivity contribution is 5.36. The number of hydrogen-bond donors (Lipinski definition) is 1. The number of benzene rings is 1. The van der Waals surface area contributed by atoms with Crippen LogP contribution in [0.15, 0.2) is 42.7 Å². The molecule has 2 aromatic rings. The normalized spacial score (nSPS) is 10.1. The molecule has 4 nitrogen and oxygen atoms in total. The Morgan fingerprint density at radius 1 is 1.17 bits per heavy atom. The molecule has 0 aliphatic heterocycles.